The number of nitrogens with zero attached hydrogens (tertiary/aromatic N) is 3. The highest BCUT2D eigenvalue weighted by atomic mass is 35.5. The fraction of sp³-hybridized carbons (Fsp3) is 0.379. The minimum atomic E-state index is -4.54. The minimum Gasteiger partial charge on any atom is -0.437 e. The van der Waals surface area contributed by atoms with E-state index in [1.165, 1.54) is 12.3 Å². The number of alkyl halides is 3. The Morgan fingerprint density at radius 2 is 1.95 bits per heavy atom. The molecular weight excluding hydrogens is 545 g/mol. The maximum atomic E-state index is 13.4. The Hall–Kier alpha value is -3.18. The quantitative estimate of drug-likeness (QED) is 0.325. The smallest absolute Gasteiger partial charge is 0.416 e. The van der Waals surface area contributed by atoms with E-state index in [0.717, 1.165) is 43.3 Å². The van der Waals surface area contributed by atoms with Crippen LogP contribution in [0.25, 0.3) is 0 Å². The second kappa shape index (κ2) is 13.5. The molecule has 0 aliphatic carbocycles. The highest BCUT2D eigenvalue weighted by Gasteiger charge is 2.31. The van der Waals surface area contributed by atoms with Gasteiger partial charge in [-0.25, -0.2) is 4.98 Å². The lowest BCUT2D eigenvalue weighted by Gasteiger charge is -2.26. The fourth-order valence-electron chi connectivity index (χ4n) is 4.52. The van der Waals surface area contributed by atoms with Gasteiger partial charge in [-0.2, -0.15) is 13.2 Å². The lowest BCUT2D eigenvalue weighted by Crippen LogP contribution is -2.46. The summed E-state index contributed by atoms with van der Waals surface area (Å²) < 4.78 is 50.8. The average Bonchev–Trinajstić information content (AvgIpc) is 3.39. The van der Waals surface area contributed by atoms with E-state index in [1.54, 1.807) is 6.07 Å². The van der Waals surface area contributed by atoms with E-state index < -0.39 is 17.6 Å². The van der Waals surface area contributed by atoms with Crippen LogP contribution in [0.5, 0.6) is 11.6 Å². The van der Waals surface area contributed by atoms with Crippen LogP contribution in [-0.4, -0.2) is 73.1 Å². The van der Waals surface area contributed by atoms with Crippen molar-refractivity contribution < 1.29 is 27.4 Å². The topological polar surface area (TPSA) is 66.9 Å². The van der Waals surface area contributed by atoms with Crippen LogP contribution in [0, 0.1) is 0 Å². The molecule has 1 amide bonds. The molecule has 214 valence electrons. The third kappa shape index (κ3) is 8.17. The summed E-state index contributed by atoms with van der Waals surface area (Å²) in [6.45, 7) is 3.06. The van der Waals surface area contributed by atoms with Gasteiger partial charge < -0.3 is 19.7 Å². The molecule has 1 saturated heterocycles. The molecule has 7 nitrogen and oxygen atoms in total. The van der Waals surface area contributed by atoms with Crippen molar-refractivity contribution >= 4 is 17.5 Å². The number of likely N-dealkylation sites (N-methyl/N-ethyl adjacent to an activating group) is 1. The SMILES string of the molecule is CN(C)C1CCN(CC(COCc2ccccc2)NC(=O)c2cccnc2Oc2ccc(C(F)(F)F)cc2Cl)C1. The molecule has 3 aromatic rings. The van der Waals surface area contributed by atoms with Crippen LogP contribution in [0.2, 0.25) is 5.02 Å². The predicted octanol–water partition coefficient (Wildman–Crippen LogP) is 5.50. The Morgan fingerprint density at radius 1 is 1.18 bits per heavy atom. The largest absolute Gasteiger partial charge is 0.437 e. The van der Waals surface area contributed by atoms with E-state index in [1.807, 2.05) is 30.3 Å². The van der Waals surface area contributed by atoms with Crippen LogP contribution in [0.3, 0.4) is 0 Å². The molecule has 0 saturated carbocycles. The number of hydrogen-bond acceptors (Lipinski definition) is 6. The molecule has 40 heavy (non-hydrogen) atoms. The van der Waals surface area contributed by atoms with E-state index in [4.69, 9.17) is 21.1 Å². The molecule has 2 aromatic carbocycles. The van der Waals surface area contributed by atoms with Crippen LogP contribution >= 0.6 is 11.6 Å². The minimum absolute atomic E-state index is 0.0445. The highest BCUT2D eigenvalue weighted by Crippen LogP contribution is 2.36. The van der Waals surface area contributed by atoms with Crippen molar-refractivity contribution in [2.24, 2.45) is 0 Å². The molecule has 1 aromatic heterocycles. The van der Waals surface area contributed by atoms with E-state index in [-0.39, 0.29) is 34.9 Å². The summed E-state index contributed by atoms with van der Waals surface area (Å²) in [5.74, 6) is -0.556. The molecule has 1 aliphatic rings. The Labute approximate surface area is 236 Å². The first-order valence-electron chi connectivity index (χ1n) is 12.9. The first-order valence-corrected chi connectivity index (χ1v) is 13.3. The highest BCUT2D eigenvalue weighted by molar-refractivity contribution is 6.32. The van der Waals surface area contributed by atoms with Gasteiger partial charge in [0, 0.05) is 25.3 Å². The Kier molecular flexibility index (Phi) is 10.0. The summed E-state index contributed by atoms with van der Waals surface area (Å²) in [7, 11) is 4.12. The second-order valence-corrected chi connectivity index (χ2v) is 10.3. The van der Waals surface area contributed by atoms with Crippen molar-refractivity contribution in [3.8, 4) is 11.6 Å². The summed E-state index contributed by atoms with van der Waals surface area (Å²) in [4.78, 5) is 22.1. The number of rotatable bonds is 11. The molecule has 1 aliphatic heterocycles. The normalized spacial score (nSPS) is 16.7. The van der Waals surface area contributed by atoms with Gasteiger partial charge in [0.15, 0.2) is 0 Å². The van der Waals surface area contributed by atoms with Gasteiger partial charge in [0.2, 0.25) is 5.88 Å². The number of carbonyl (C=O) groups is 1. The van der Waals surface area contributed by atoms with Crippen LogP contribution in [0.15, 0.2) is 66.9 Å². The molecule has 2 heterocycles. The molecule has 0 spiro atoms. The summed E-state index contributed by atoms with van der Waals surface area (Å²) >= 11 is 6.06. The molecule has 0 radical (unpaired) electrons. The first-order chi connectivity index (χ1) is 19.1. The number of carbonyl (C=O) groups excluding carboxylic acids is 1. The van der Waals surface area contributed by atoms with Crippen molar-refractivity contribution in [1.29, 1.82) is 0 Å². The van der Waals surface area contributed by atoms with E-state index in [2.05, 4.69) is 34.2 Å². The number of nitrogens with one attached hydrogen (secondary N) is 1. The average molecular weight is 577 g/mol. The lowest BCUT2D eigenvalue weighted by molar-refractivity contribution is -0.137. The number of pyridine rings is 1. The summed E-state index contributed by atoms with van der Waals surface area (Å²) in [5, 5.41) is 2.79. The maximum absolute atomic E-state index is 13.4. The van der Waals surface area contributed by atoms with Gasteiger partial charge >= 0.3 is 6.18 Å². The first kappa shape index (κ1) is 29.8. The standard InChI is InChI=1S/C29H32ClF3N4O3/c1-36(2)23-12-14-37(17-23)16-22(19-39-18-20-7-4-3-5-8-20)35-27(38)24-9-6-13-34-28(24)40-26-11-10-21(15-25(26)30)29(31,32)33/h3-11,13,15,22-23H,12,14,16-19H2,1-2H3,(H,35,38). The zero-order chi connectivity index (χ0) is 28.7. The molecule has 4 rings (SSSR count). The van der Waals surface area contributed by atoms with Crippen molar-refractivity contribution in [3.05, 3.63) is 88.6 Å². The molecule has 2 atom stereocenters. The van der Waals surface area contributed by atoms with Gasteiger partial charge in [-0.3, -0.25) is 9.69 Å². The summed E-state index contributed by atoms with van der Waals surface area (Å²) in [6, 6.07) is 15.7. The fourth-order valence-corrected chi connectivity index (χ4v) is 4.74. The number of likely N-dealkylation sites (tertiary alicyclic amines) is 1. The van der Waals surface area contributed by atoms with Gasteiger partial charge in [-0.05, 0) is 63.0 Å². The van der Waals surface area contributed by atoms with E-state index in [9.17, 15) is 18.0 Å². The van der Waals surface area contributed by atoms with Crippen LogP contribution in [0.1, 0.15) is 27.9 Å². The Bertz CT molecular complexity index is 1280. The summed E-state index contributed by atoms with van der Waals surface area (Å²) in [5.41, 5.74) is 0.248. The number of amides is 1. The zero-order valence-electron chi connectivity index (χ0n) is 22.3. The zero-order valence-corrected chi connectivity index (χ0v) is 23.1. The third-order valence-electron chi connectivity index (χ3n) is 6.70. The van der Waals surface area contributed by atoms with Crippen LogP contribution in [0.4, 0.5) is 13.2 Å². The monoisotopic (exact) mass is 576 g/mol. The number of halogens is 4. The second-order valence-electron chi connectivity index (χ2n) is 9.94. The van der Waals surface area contributed by atoms with E-state index >= 15 is 0 Å². The molecular formula is C29H32ClF3N4O3. The van der Waals surface area contributed by atoms with Crippen LogP contribution in [-0.2, 0) is 17.5 Å². The number of aromatic nitrogens is 1. The molecule has 1 fully saturated rings. The maximum Gasteiger partial charge on any atom is 0.416 e. The molecule has 2 unspecified atom stereocenters. The van der Waals surface area contributed by atoms with Crippen molar-refractivity contribution in [2.75, 3.05) is 40.3 Å². The van der Waals surface area contributed by atoms with Crippen LogP contribution < -0.4 is 10.1 Å². The lowest BCUT2D eigenvalue weighted by atomic mass is 10.2. The van der Waals surface area contributed by atoms with Gasteiger partial charge in [0.05, 0.1) is 29.8 Å². The van der Waals surface area contributed by atoms with Gasteiger partial charge in [-0.15, -0.1) is 0 Å². The Balaban J connectivity index is 1.47. The van der Waals surface area contributed by atoms with Gasteiger partial charge in [0.1, 0.15) is 11.3 Å². The van der Waals surface area contributed by atoms with Crippen molar-refractivity contribution in [1.82, 2.24) is 20.1 Å². The molecule has 0 bridgehead atoms. The molecule has 11 heteroatoms. The molecule has 1 N–H and O–H groups in total. The Morgan fingerprint density at radius 3 is 2.62 bits per heavy atom. The van der Waals surface area contributed by atoms with Crippen molar-refractivity contribution in [2.45, 2.75) is 31.3 Å². The third-order valence-corrected chi connectivity index (χ3v) is 7.00. The van der Waals surface area contributed by atoms with Gasteiger partial charge in [-0.1, -0.05) is 41.9 Å². The van der Waals surface area contributed by atoms with Gasteiger partial charge in [0.25, 0.3) is 5.91 Å². The predicted molar refractivity (Wildman–Crippen MR) is 147 cm³/mol. The number of ether oxygens (including phenoxy) is 2. The number of benzene rings is 2. The number of hydrogen-bond donors (Lipinski definition) is 1. The van der Waals surface area contributed by atoms with Crippen molar-refractivity contribution in [3.63, 3.8) is 0 Å². The summed E-state index contributed by atoms with van der Waals surface area (Å²) in [6.07, 6.45) is -2.08. The van der Waals surface area contributed by atoms with E-state index in [0.29, 0.717) is 19.2 Å².